The zero-order valence-electron chi connectivity index (χ0n) is 12.1. The number of nitrogens with zero attached hydrogens (tertiary/aromatic N) is 2. The number of piperazine rings is 1. The van der Waals surface area contributed by atoms with E-state index < -0.39 is 6.04 Å². The van der Waals surface area contributed by atoms with Gasteiger partial charge in [-0.05, 0) is 26.0 Å². The minimum absolute atomic E-state index is 0.0661. The summed E-state index contributed by atoms with van der Waals surface area (Å²) in [6.45, 7) is 6.76. The van der Waals surface area contributed by atoms with Gasteiger partial charge in [-0.15, -0.1) is 0 Å². The molecular formula is C15H20N2O3. The van der Waals surface area contributed by atoms with Gasteiger partial charge < -0.3 is 14.5 Å². The molecule has 0 aliphatic carbocycles. The zero-order valence-corrected chi connectivity index (χ0v) is 12.1. The quantitative estimate of drug-likeness (QED) is 0.844. The maximum absolute atomic E-state index is 12.5. The molecule has 0 unspecified atom stereocenters. The summed E-state index contributed by atoms with van der Waals surface area (Å²) >= 11 is 0. The maximum atomic E-state index is 12.5. The lowest BCUT2D eigenvalue weighted by Crippen LogP contribution is -2.57. The van der Waals surface area contributed by atoms with Crippen LogP contribution in [0.5, 0.6) is 5.75 Å². The van der Waals surface area contributed by atoms with Gasteiger partial charge in [0.15, 0.2) is 0 Å². The summed E-state index contributed by atoms with van der Waals surface area (Å²) in [7, 11) is 0. The Morgan fingerprint density at radius 2 is 2.05 bits per heavy atom. The van der Waals surface area contributed by atoms with Crippen molar-refractivity contribution in [2.24, 2.45) is 0 Å². The second-order valence-corrected chi connectivity index (χ2v) is 4.78. The van der Waals surface area contributed by atoms with Gasteiger partial charge in [0.05, 0.1) is 12.3 Å². The van der Waals surface area contributed by atoms with Gasteiger partial charge in [0.2, 0.25) is 11.8 Å². The van der Waals surface area contributed by atoms with E-state index in [1.165, 1.54) is 6.92 Å². The molecule has 0 bridgehead atoms. The van der Waals surface area contributed by atoms with Gasteiger partial charge >= 0.3 is 0 Å². The van der Waals surface area contributed by atoms with Crippen LogP contribution in [0.25, 0.3) is 0 Å². The number of benzene rings is 1. The van der Waals surface area contributed by atoms with E-state index in [1.54, 1.807) is 16.7 Å². The molecule has 1 aliphatic heterocycles. The molecule has 0 radical (unpaired) electrons. The summed E-state index contributed by atoms with van der Waals surface area (Å²) in [6, 6.07) is 7.06. The Labute approximate surface area is 119 Å². The zero-order chi connectivity index (χ0) is 14.7. The highest BCUT2D eigenvalue weighted by molar-refractivity contribution is 6.00. The van der Waals surface area contributed by atoms with E-state index in [9.17, 15) is 9.59 Å². The normalized spacial score (nSPS) is 19.1. The van der Waals surface area contributed by atoms with Crippen LogP contribution < -0.4 is 9.64 Å². The largest absolute Gasteiger partial charge is 0.492 e. The van der Waals surface area contributed by atoms with Gasteiger partial charge in [-0.1, -0.05) is 12.1 Å². The summed E-state index contributed by atoms with van der Waals surface area (Å²) in [4.78, 5) is 27.3. The van der Waals surface area contributed by atoms with E-state index >= 15 is 0 Å². The molecule has 0 spiro atoms. The molecule has 2 amide bonds. The monoisotopic (exact) mass is 276 g/mol. The molecule has 1 atom stereocenters. The van der Waals surface area contributed by atoms with Gasteiger partial charge in [0.25, 0.3) is 0 Å². The maximum Gasteiger partial charge on any atom is 0.249 e. The fourth-order valence-corrected chi connectivity index (χ4v) is 2.50. The molecule has 1 aromatic rings. The number of rotatable bonds is 3. The molecule has 1 aliphatic rings. The predicted octanol–water partition coefficient (Wildman–Crippen LogP) is 1.67. The van der Waals surface area contributed by atoms with Crippen LogP contribution in [0, 0.1) is 0 Å². The molecule has 5 heteroatoms. The third-order valence-corrected chi connectivity index (χ3v) is 3.52. The van der Waals surface area contributed by atoms with Crippen molar-refractivity contribution in [1.82, 2.24) is 4.90 Å². The molecule has 0 N–H and O–H groups in total. The molecule has 1 fully saturated rings. The predicted molar refractivity (Wildman–Crippen MR) is 76.8 cm³/mol. The summed E-state index contributed by atoms with van der Waals surface area (Å²) < 4.78 is 5.57. The smallest absolute Gasteiger partial charge is 0.249 e. The van der Waals surface area contributed by atoms with E-state index in [4.69, 9.17) is 4.74 Å². The van der Waals surface area contributed by atoms with Crippen molar-refractivity contribution in [1.29, 1.82) is 0 Å². The first-order valence-corrected chi connectivity index (χ1v) is 6.86. The molecule has 1 aromatic carbocycles. The number of para-hydroxylation sites is 2. The fraction of sp³-hybridized carbons (Fsp3) is 0.467. The SMILES string of the molecule is CCOc1ccccc1N1CCN(C(C)=O)[C@@H](C)C1=O. The van der Waals surface area contributed by atoms with E-state index in [1.807, 2.05) is 31.2 Å². The highest BCUT2D eigenvalue weighted by atomic mass is 16.5. The van der Waals surface area contributed by atoms with E-state index in [-0.39, 0.29) is 11.8 Å². The Hall–Kier alpha value is -2.04. The number of carbonyl (C=O) groups excluding carboxylic acids is 2. The van der Waals surface area contributed by atoms with Crippen LogP contribution in [-0.2, 0) is 9.59 Å². The standard InChI is InChI=1S/C15H20N2O3/c1-4-20-14-8-6-5-7-13(14)17-10-9-16(12(3)18)11(2)15(17)19/h5-8,11H,4,9-10H2,1-3H3/t11-/m0/s1. The van der Waals surface area contributed by atoms with Crippen molar-refractivity contribution < 1.29 is 14.3 Å². The molecule has 20 heavy (non-hydrogen) atoms. The molecule has 108 valence electrons. The Kier molecular flexibility index (Phi) is 4.27. The fourth-order valence-electron chi connectivity index (χ4n) is 2.50. The first-order valence-electron chi connectivity index (χ1n) is 6.86. The Bertz CT molecular complexity index is 516. The molecule has 0 saturated carbocycles. The first-order chi connectivity index (χ1) is 9.56. The number of amides is 2. The number of ether oxygens (including phenoxy) is 1. The molecule has 2 rings (SSSR count). The highest BCUT2D eigenvalue weighted by Gasteiger charge is 2.34. The first kappa shape index (κ1) is 14.4. The van der Waals surface area contributed by atoms with Crippen molar-refractivity contribution >= 4 is 17.5 Å². The average Bonchev–Trinajstić information content (AvgIpc) is 2.43. The highest BCUT2D eigenvalue weighted by Crippen LogP contribution is 2.30. The summed E-state index contributed by atoms with van der Waals surface area (Å²) in [5.74, 6) is 0.564. The van der Waals surface area contributed by atoms with Crippen molar-refractivity contribution in [2.75, 3.05) is 24.6 Å². The average molecular weight is 276 g/mol. The van der Waals surface area contributed by atoms with Crippen molar-refractivity contribution in [3.63, 3.8) is 0 Å². The number of hydrogen-bond donors (Lipinski definition) is 0. The number of anilines is 1. The van der Waals surface area contributed by atoms with Gasteiger partial charge in [0, 0.05) is 20.0 Å². The van der Waals surface area contributed by atoms with Gasteiger partial charge in [0.1, 0.15) is 11.8 Å². The number of hydrogen-bond acceptors (Lipinski definition) is 3. The van der Waals surface area contributed by atoms with Crippen LogP contribution in [0.2, 0.25) is 0 Å². The summed E-state index contributed by atoms with van der Waals surface area (Å²) in [6.07, 6.45) is 0. The van der Waals surface area contributed by atoms with Crippen LogP contribution >= 0.6 is 0 Å². The van der Waals surface area contributed by atoms with E-state index in [2.05, 4.69) is 0 Å². The second-order valence-electron chi connectivity index (χ2n) is 4.78. The molecular weight excluding hydrogens is 256 g/mol. The van der Waals surface area contributed by atoms with Crippen LogP contribution in [0.15, 0.2) is 24.3 Å². The Morgan fingerprint density at radius 1 is 1.35 bits per heavy atom. The Morgan fingerprint density at radius 3 is 2.70 bits per heavy atom. The van der Waals surface area contributed by atoms with Crippen molar-refractivity contribution in [3.8, 4) is 5.75 Å². The van der Waals surface area contributed by atoms with Crippen LogP contribution in [0.4, 0.5) is 5.69 Å². The topological polar surface area (TPSA) is 49.9 Å². The summed E-state index contributed by atoms with van der Waals surface area (Å²) in [5, 5.41) is 0. The lowest BCUT2D eigenvalue weighted by molar-refractivity contribution is -0.139. The van der Waals surface area contributed by atoms with E-state index in [0.717, 1.165) is 5.69 Å². The Balaban J connectivity index is 2.27. The minimum Gasteiger partial charge on any atom is -0.492 e. The van der Waals surface area contributed by atoms with E-state index in [0.29, 0.717) is 25.4 Å². The van der Waals surface area contributed by atoms with Gasteiger partial charge in [-0.25, -0.2) is 0 Å². The number of carbonyl (C=O) groups is 2. The van der Waals surface area contributed by atoms with Gasteiger partial charge in [-0.3, -0.25) is 9.59 Å². The molecule has 1 heterocycles. The molecule has 1 saturated heterocycles. The summed E-state index contributed by atoms with van der Waals surface area (Å²) in [5.41, 5.74) is 0.773. The lowest BCUT2D eigenvalue weighted by atomic mass is 10.1. The van der Waals surface area contributed by atoms with Crippen molar-refractivity contribution in [2.45, 2.75) is 26.8 Å². The molecule has 5 nitrogen and oxygen atoms in total. The van der Waals surface area contributed by atoms with Crippen LogP contribution in [-0.4, -0.2) is 42.5 Å². The third-order valence-electron chi connectivity index (χ3n) is 3.52. The van der Waals surface area contributed by atoms with Crippen LogP contribution in [0.3, 0.4) is 0 Å². The molecule has 0 aromatic heterocycles. The van der Waals surface area contributed by atoms with Crippen molar-refractivity contribution in [3.05, 3.63) is 24.3 Å². The third kappa shape index (κ3) is 2.61. The lowest BCUT2D eigenvalue weighted by Gasteiger charge is -2.39. The second kappa shape index (κ2) is 5.94. The minimum atomic E-state index is -0.434. The van der Waals surface area contributed by atoms with Gasteiger partial charge in [-0.2, -0.15) is 0 Å². The van der Waals surface area contributed by atoms with Crippen LogP contribution in [0.1, 0.15) is 20.8 Å².